The van der Waals surface area contributed by atoms with Crippen molar-refractivity contribution in [3.8, 4) is 5.75 Å². The van der Waals surface area contributed by atoms with E-state index in [1.165, 1.54) is 11.9 Å². The van der Waals surface area contributed by atoms with Gasteiger partial charge in [-0.2, -0.15) is 5.10 Å². The molecule has 0 spiro atoms. The number of H-pyrrole nitrogens is 1. The van der Waals surface area contributed by atoms with Crippen molar-refractivity contribution in [3.05, 3.63) is 38.8 Å². The zero-order chi connectivity index (χ0) is 15.1. The van der Waals surface area contributed by atoms with E-state index >= 15 is 0 Å². The van der Waals surface area contributed by atoms with Crippen molar-refractivity contribution in [2.24, 2.45) is 0 Å². The number of hydrogen-bond donors (Lipinski definition) is 2. The summed E-state index contributed by atoms with van der Waals surface area (Å²) in [4.78, 5) is 4.10. The molecule has 0 saturated heterocycles. The van der Waals surface area contributed by atoms with Gasteiger partial charge in [0.2, 0.25) is 0 Å². The van der Waals surface area contributed by atoms with Gasteiger partial charge in [-0.25, -0.2) is 4.98 Å². The van der Waals surface area contributed by atoms with Gasteiger partial charge >= 0.3 is 0 Å². The molecule has 0 aliphatic carbocycles. The Bertz CT molecular complexity index is 537. The molecule has 114 valence electrons. The van der Waals surface area contributed by atoms with Crippen molar-refractivity contribution in [1.29, 1.82) is 0 Å². The Morgan fingerprint density at radius 2 is 2.05 bits per heavy atom. The van der Waals surface area contributed by atoms with Gasteiger partial charge in [0.25, 0.3) is 0 Å². The molecule has 0 aliphatic heterocycles. The van der Waals surface area contributed by atoms with E-state index in [-0.39, 0.29) is 0 Å². The minimum Gasteiger partial charge on any atom is -0.492 e. The topological polar surface area (TPSA) is 62.8 Å². The summed E-state index contributed by atoms with van der Waals surface area (Å²) < 4.78 is 7.52. The van der Waals surface area contributed by atoms with Crippen molar-refractivity contribution in [3.63, 3.8) is 0 Å². The predicted molar refractivity (Wildman–Crippen MR) is 89.4 cm³/mol. The maximum Gasteiger partial charge on any atom is 0.147 e. The molecule has 0 unspecified atom stereocenters. The fourth-order valence-corrected chi connectivity index (χ4v) is 3.47. The van der Waals surface area contributed by atoms with Crippen molar-refractivity contribution < 1.29 is 4.74 Å². The smallest absolute Gasteiger partial charge is 0.147 e. The van der Waals surface area contributed by atoms with Crippen molar-refractivity contribution in [1.82, 2.24) is 20.5 Å². The Hall–Kier alpha value is -0.920. The van der Waals surface area contributed by atoms with E-state index in [4.69, 9.17) is 4.74 Å². The van der Waals surface area contributed by atoms with Crippen LogP contribution < -0.4 is 10.1 Å². The molecule has 1 aromatic heterocycles. The summed E-state index contributed by atoms with van der Waals surface area (Å²) >= 11 is 7.09. The molecule has 2 N–H and O–H groups in total. The van der Waals surface area contributed by atoms with Gasteiger partial charge in [0.15, 0.2) is 0 Å². The summed E-state index contributed by atoms with van der Waals surface area (Å²) in [7, 11) is 0. The highest BCUT2D eigenvalue weighted by molar-refractivity contribution is 9.11. The molecular formula is C14H18Br2N4O. The molecular weight excluding hydrogens is 400 g/mol. The van der Waals surface area contributed by atoms with E-state index in [2.05, 4.69) is 64.5 Å². The number of aryl methyl sites for hydroxylation is 1. The number of ether oxygens (including phenoxy) is 1. The van der Waals surface area contributed by atoms with Crippen LogP contribution in [0.2, 0.25) is 0 Å². The third-order valence-electron chi connectivity index (χ3n) is 2.91. The normalized spacial score (nSPS) is 10.8. The van der Waals surface area contributed by atoms with Gasteiger partial charge in [-0.1, -0.05) is 0 Å². The van der Waals surface area contributed by atoms with Crippen LogP contribution in [0.4, 0.5) is 0 Å². The monoisotopic (exact) mass is 416 g/mol. The van der Waals surface area contributed by atoms with Gasteiger partial charge < -0.3 is 10.1 Å². The molecule has 5 nitrogen and oxygen atoms in total. The highest BCUT2D eigenvalue weighted by Crippen LogP contribution is 2.34. The van der Waals surface area contributed by atoms with Crippen LogP contribution in [0.1, 0.15) is 24.7 Å². The highest BCUT2D eigenvalue weighted by atomic mass is 79.9. The summed E-state index contributed by atoms with van der Waals surface area (Å²) in [6.07, 6.45) is 3.47. The number of nitrogens with one attached hydrogen (secondary N) is 2. The summed E-state index contributed by atoms with van der Waals surface area (Å²) in [5.41, 5.74) is 1.21. The number of aromatic amines is 1. The van der Waals surface area contributed by atoms with E-state index in [1.54, 1.807) is 0 Å². The van der Waals surface area contributed by atoms with Crippen LogP contribution in [0.15, 0.2) is 27.4 Å². The van der Waals surface area contributed by atoms with Crippen molar-refractivity contribution in [2.45, 2.75) is 26.3 Å². The third-order valence-corrected chi connectivity index (χ3v) is 4.09. The summed E-state index contributed by atoms with van der Waals surface area (Å²) in [6, 6.07) is 4.17. The van der Waals surface area contributed by atoms with Gasteiger partial charge in [0.1, 0.15) is 17.9 Å². The van der Waals surface area contributed by atoms with E-state index in [9.17, 15) is 0 Å². The molecule has 0 atom stereocenters. The van der Waals surface area contributed by atoms with Crippen LogP contribution in [-0.2, 0) is 13.0 Å². The number of nitrogens with zero attached hydrogens (tertiary/aromatic N) is 2. The van der Waals surface area contributed by atoms with E-state index in [1.807, 2.05) is 6.92 Å². The van der Waals surface area contributed by atoms with E-state index < -0.39 is 0 Å². The SMILES string of the molecule is CCOc1c(Br)cc(CNCCCc2ncn[nH]2)cc1Br. The van der Waals surface area contributed by atoms with Crippen LogP contribution in [0, 0.1) is 0 Å². The van der Waals surface area contributed by atoms with Crippen LogP contribution in [-0.4, -0.2) is 28.3 Å². The second kappa shape index (κ2) is 8.51. The fourth-order valence-electron chi connectivity index (χ4n) is 1.96. The molecule has 0 bridgehead atoms. The number of aromatic nitrogens is 3. The van der Waals surface area contributed by atoms with Crippen LogP contribution >= 0.6 is 31.9 Å². The number of benzene rings is 1. The Balaban J connectivity index is 1.78. The lowest BCUT2D eigenvalue weighted by Gasteiger charge is -2.11. The summed E-state index contributed by atoms with van der Waals surface area (Å²) in [6.45, 7) is 4.38. The maximum absolute atomic E-state index is 5.58. The quantitative estimate of drug-likeness (QED) is 0.645. The average molecular weight is 418 g/mol. The number of rotatable bonds is 8. The van der Waals surface area contributed by atoms with E-state index in [0.29, 0.717) is 6.61 Å². The predicted octanol–water partition coefficient (Wildman–Crippen LogP) is 3.45. The molecule has 1 heterocycles. The minimum absolute atomic E-state index is 0.649. The molecule has 1 aromatic carbocycles. The third kappa shape index (κ3) is 5.09. The first-order valence-electron chi connectivity index (χ1n) is 6.86. The van der Waals surface area contributed by atoms with Gasteiger partial charge in [0.05, 0.1) is 15.6 Å². The van der Waals surface area contributed by atoms with E-state index in [0.717, 1.165) is 46.5 Å². The van der Waals surface area contributed by atoms with Gasteiger partial charge in [-0.3, -0.25) is 5.10 Å². The van der Waals surface area contributed by atoms with Crippen LogP contribution in [0.3, 0.4) is 0 Å². The van der Waals surface area contributed by atoms with Gasteiger partial charge in [-0.05, 0) is 69.4 Å². The highest BCUT2D eigenvalue weighted by Gasteiger charge is 2.08. The molecule has 2 rings (SSSR count). The second-order valence-electron chi connectivity index (χ2n) is 4.53. The molecule has 0 amide bonds. The van der Waals surface area contributed by atoms with Gasteiger partial charge in [0, 0.05) is 13.0 Å². The first-order chi connectivity index (χ1) is 10.2. The zero-order valence-electron chi connectivity index (χ0n) is 11.8. The van der Waals surface area contributed by atoms with Crippen LogP contribution in [0.25, 0.3) is 0 Å². The molecule has 0 radical (unpaired) electrons. The maximum atomic E-state index is 5.58. The first-order valence-corrected chi connectivity index (χ1v) is 8.45. The minimum atomic E-state index is 0.649. The lowest BCUT2D eigenvalue weighted by Crippen LogP contribution is -2.15. The average Bonchev–Trinajstić information content (AvgIpc) is 2.96. The number of hydrogen-bond acceptors (Lipinski definition) is 4. The lowest BCUT2D eigenvalue weighted by atomic mass is 10.2. The zero-order valence-corrected chi connectivity index (χ0v) is 15.0. The van der Waals surface area contributed by atoms with Crippen molar-refractivity contribution >= 4 is 31.9 Å². The second-order valence-corrected chi connectivity index (χ2v) is 6.24. The molecule has 21 heavy (non-hydrogen) atoms. The molecule has 0 fully saturated rings. The van der Waals surface area contributed by atoms with Crippen molar-refractivity contribution in [2.75, 3.05) is 13.2 Å². The Kier molecular flexibility index (Phi) is 6.66. The van der Waals surface area contributed by atoms with Gasteiger partial charge in [-0.15, -0.1) is 0 Å². The first kappa shape index (κ1) is 16.5. The fraction of sp³-hybridized carbons (Fsp3) is 0.429. The molecule has 2 aromatic rings. The Morgan fingerprint density at radius 1 is 1.29 bits per heavy atom. The largest absolute Gasteiger partial charge is 0.492 e. The standard InChI is InChI=1S/C14H18Br2N4O/c1-2-21-14-11(15)6-10(7-12(14)16)8-17-5-3-4-13-18-9-19-20-13/h6-7,9,17H,2-5,8H2,1H3,(H,18,19,20). The molecule has 0 aliphatic rings. The summed E-state index contributed by atoms with van der Waals surface area (Å²) in [5, 5.41) is 10.1. The lowest BCUT2D eigenvalue weighted by molar-refractivity contribution is 0.336. The molecule has 7 heteroatoms. The van der Waals surface area contributed by atoms with Crippen LogP contribution in [0.5, 0.6) is 5.75 Å². The summed E-state index contributed by atoms with van der Waals surface area (Å²) in [5.74, 6) is 1.79. The molecule has 0 saturated carbocycles. The number of halogens is 2. The Morgan fingerprint density at radius 3 is 2.67 bits per heavy atom. The Labute approximate surface area is 141 Å².